The minimum atomic E-state index is -0.0578. The molecule has 2 heterocycles. The van der Waals surface area contributed by atoms with Crippen LogP contribution in [0, 0.1) is 0 Å². The number of piperazine rings is 1. The summed E-state index contributed by atoms with van der Waals surface area (Å²) in [6.45, 7) is 4.19. The van der Waals surface area contributed by atoms with Crippen LogP contribution in [-0.4, -0.2) is 66.4 Å². The third kappa shape index (κ3) is 5.39. The van der Waals surface area contributed by atoms with Crippen LogP contribution in [0.2, 0.25) is 0 Å². The highest BCUT2D eigenvalue weighted by molar-refractivity contribution is 7.99. The minimum Gasteiger partial charge on any atom is -0.497 e. The molecule has 1 amide bonds. The van der Waals surface area contributed by atoms with Gasteiger partial charge in [-0.1, -0.05) is 17.8 Å². The Labute approximate surface area is 187 Å². The summed E-state index contributed by atoms with van der Waals surface area (Å²) in [5.74, 6) is 0.999. The van der Waals surface area contributed by atoms with E-state index in [1.54, 1.807) is 13.3 Å². The molecule has 8 heteroatoms. The number of benzene rings is 2. The van der Waals surface area contributed by atoms with Crippen molar-refractivity contribution in [3.63, 3.8) is 0 Å². The maximum Gasteiger partial charge on any atom is 0.234 e. The van der Waals surface area contributed by atoms with Crippen molar-refractivity contribution in [2.75, 3.05) is 56.3 Å². The van der Waals surface area contributed by atoms with Gasteiger partial charge in [-0.05, 0) is 43.4 Å². The van der Waals surface area contributed by atoms with E-state index in [9.17, 15) is 4.79 Å². The Hall–Kier alpha value is -2.97. The maximum atomic E-state index is 12.5. The summed E-state index contributed by atoms with van der Waals surface area (Å²) in [6.07, 6.45) is 3.61. The maximum absolute atomic E-state index is 12.5. The smallest absolute Gasteiger partial charge is 0.234 e. The van der Waals surface area contributed by atoms with Gasteiger partial charge >= 0.3 is 0 Å². The van der Waals surface area contributed by atoms with Crippen molar-refractivity contribution in [3.8, 4) is 11.4 Å². The lowest BCUT2D eigenvalue weighted by Gasteiger charge is -2.34. The van der Waals surface area contributed by atoms with Crippen LogP contribution in [0.1, 0.15) is 0 Å². The summed E-state index contributed by atoms with van der Waals surface area (Å²) in [5, 5.41) is 3.73. The largest absolute Gasteiger partial charge is 0.497 e. The molecule has 0 radical (unpaired) electrons. The monoisotopic (exact) mass is 437 g/mol. The van der Waals surface area contributed by atoms with Crippen molar-refractivity contribution in [2.24, 2.45) is 0 Å². The van der Waals surface area contributed by atoms with Crippen LogP contribution < -0.4 is 15.0 Å². The summed E-state index contributed by atoms with van der Waals surface area (Å²) in [6, 6.07) is 15.8. The number of ether oxygens (including phenoxy) is 1. The van der Waals surface area contributed by atoms with Crippen LogP contribution in [0.25, 0.3) is 5.69 Å². The molecule has 31 heavy (non-hydrogen) atoms. The Morgan fingerprint density at radius 1 is 1.10 bits per heavy atom. The molecule has 4 rings (SSSR count). The van der Waals surface area contributed by atoms with Crippen LogP contribution in [-0.2, 0) is 4.79 Å². The number of amides is 1. The number of thioether (sulfide) groups is 1. The third-order valence-corrected chi connectivity index (χ3v) is 6.26. The average molecular weight is 438 g/mol. The molecule has 2 aromatic carbocycles. The summed E-state index contributed by atoms with van der Waals surface area (Å²) >= 11 is 1.40. The van der Waals surface area contributed by atoms with Crippen LogP contribution in [0.15, 0.2) is 66.1 Å². The molecule has 0 atom stereocenters. The summed E-state index contributed by atoms with van der Waals surface area (Å²) in [4.78, 5) is 21.6. The molecule has 0 spiro atoms. The van der Waals surface area contributed by atoms with E-state index >= 15 is 0 Å². The molecule has 1 saturated heterocycles. The van der Waals surface area contributed by atoms with E-state index in [1.807, 2.05) is 47.2 Å². The van der Waals surface area contributed by atoms with Crippen LogP contribution in [0.3, 0.4) is 0 Å². The molecule has 0 saturated carbocycles. The highest BCUT2D eigenvalue weighted by Crippen LogP contribution is 2.24. The van der Waals surface area contributed by atoms with E-state index in [2.05, 4.69) is 39.3 Å². The van der Waals surface area contributed by atoms with E-state index in [1.165, 1.54) is 17.4 Å². The van der Waals surface area contributed by atoms with Gasteiger partial charge in [0.1, 0.15) is 5.75 Å². The number of carbonyl (C=O) groups excluding carboxylic acids is 1. The summed E-state index contributed by atoms with van der Waals surface area (Å²) < 4.78 is 7.25. The van der Waals surface area contributed by atoms with Crippen molar-refractivity contribution < 1.29 is 9.53 Å². The second-order valence-corrected chi connectivity index (χ2v) is 8.40. The first kappa shape index (κ1) is 21.3. The molecule has 1 aliphatic rings. The van der Waals surface area contributed by atoms with Gasteiger partial charge in [-0.15, -0.1) is 0 Å². The molecule has 1 fully saturated rings. The van der Waals surface area contributed by atoms with Crippen LogP contribution >= 0.6 is 11.8 Å². The topological polar surface area (TPSA) is 62.6 Å². The average Bonchev–Trinajstić information content (AvgIpc) is 3.28. The fourth-order valence-electron chi connectivity index (χ4n) is 3.50. The van der Waals surface area contributed by atoms with Gasteiger partial charge in [0.25, 0.3) is 0 Å². The van der Waals surface area contributed by atoms with E-state index in [0.29, 0.717) is 0 Å². The Balaban J connectivity index is 1.32. The third-order valence-electron chi connectivity index (χ3n) is 5.29. The molecule has 0 aliphatic carbocycles. The van der Waals surface area contributed by atoms with Gasteiger partial charge in [-0.2, -0.15) is 0 Å². The number of nitrogens with zero attached hydrogens (tertiary/aromatic N) is 4. The predicted octanol–water partition coefficient (Wildman–Crippen LogP) is 3.36. The van der Waals surface area contributed by atoms with Gasteiger partial charge in [0.2, 0.25) is 5.91 Å². The van der Waals surface area contributed by atoms with Gasteiger partial charge in [-0.25, -0.2) is 4.98 Å². The van der Waals surface area contributed by atoms with Crippen molar-refractivity contribution in [1.29, 1.82) is 0 Å². The lowest BCUT2D eigenvalue weighted by molar-refractivity contribution is -0.113. The fourth-order valence-corrected chi connectivity index (χ4v) is 4.27. The highest BCUT2D eigenvalue weighted by Gasteiger charge is 2.14. The van der Waals surface area contributed by atoms with Crippen LogP contribution in [0.4, 0.5) is 11.4 Å². The first-order chi connectivity index (χ1) is 15.1. The highest BCUT2D eigenvalue weighted by atomic mass is 32.2. The Morgan fingerprint density at radius 2 is 1.87 bits per heavy atom. The second-order valence-electron chi connectivity index (χ2n) is 7.46. The van der Waals surface area contributed by atoms with Crippen molar-refractivity contribution in [1.82, 2.24) is 14.5 Å². The molecular weight excluding hydrogens is 410 g/mol. The van der Waals surface area contributed by atoms with Crippen molar-refractivity contribution >= 4 is 29.0 Å². The number of likely N-dealkylation sites (N-methyl/N-ethyl adjacent to an activating group) is 1. The zero-order valence-corrected chi connectivity index (χ0v) is 18.6. The molecule has 0 unspecified atom stereocenters. The number of rotatable bonds is 7. The SMILES string of the molecule is COc1cccc(-n2ccnc2SCC(=O)Nc2ccc(N3CCN(C)CC3)cc2)c1. The van der Waals surface area contributed by atoms with Gasteiger partial charge in [-0.3, -0.25) is 9.36 Å². The molecule has 0 bridgehead atoms. The van der Waals surface area contributed by atoms with Gasteiger partial charge in [0, 0.05) is 56.0 Å². The number of methoxy groups -OCH3 is 1. The number of carbonyl (C=O) groups is 1. The fraction of sp³-hybridized carbons (Fsp3) is 0.304. The first-order valence-corrected chi connectivity index (χ1v) is 11.2. The predicted molar refractivity (Wildman–Crippen MR) is 126 cm³/mol. The lowest BCUT2D eigenvalue weighted by atomic mass is 10.2. The normalized spacial score (nSPS) is 14.5. The quantitative estimate of drug-likeness (QED) is 0.572. The van der Waals surface area contributed by atoms with Gasteiger partial charge in [0.15, 0.2) is 5.16 Å². The molecule has 162 valence electrons. The van der Waals surface area contributed by atoms with Gasteiger partial charge < -0.3 is 19.9 Å². The molecule has 1 aromatic heterocycles. The number of nitrogens with one attached hydrogen (secondary N) is 1. The molecular formula is C23H27N5O2S. The minimum absolute atomic E-state index is 0.0578. The number of imidazole rings is 1. The molecule has 1 aliphatic heterocycles. The summed E-state index contributed by atoms with van der Waals surface area (Å²) in [5.41, 5.74) is 2.94. The Bertz CT molecular complexity index is 1010. The molecule has 3 aromatic rings. The van der Waals surface area contributed by atoms with Crippen molar-refractivity contribution in [2.45, 2.75) is 5.16 Å². The van der Waals surface area contributed by atoms with Crippen molar-refractivity contribution in [3.05, 3.63) is 60.9 Å². The van der Waals surface area contributed by atoms with E-state index < -0.39 is 0 Å². The zero-order valence-electron chi connectivity index (χ0n) is 17.8. The van der Waals surface area contributed by atoms with E-state index in [-0.39, 0.29) is 11.7 Å². The second kappa shape index (κ2) is 9.89. The number of anilines is 2. The zero-order chi connectivity index (χ0) is 21.6. The Kier molecular flexibility index (Phi) is 6.79. The molecule has 1 N–H and O–H groups in total. The van der Waals surface area contributed by atoms with E-state index in [4.69, 9.17) is 4.74 Å². The Morgan fingerprint density at radius 3 is 2.61 bits per heavy atom. The number of hydrogen-bond acceptors (Lipinski definition) is 6. The standard InChI is InChI=1S/C23H27N5O2S/c1-26-12-14-27(15-13-26)19-8-6-18(7-9-19)25-22(29)17-31-23-24-10-11-28(23)20-4-3-5-21(16-20)30-2/h3-11,16H,12-15,17H2,1-2H3,(H,25,29). The first-order valence-electron chi connectivity index (χ1n) is 10.3. The molecule has 7 nitrogen and oxygen atoms in total. The van der Waals surface area contributed by atoms with E-state index in [0.717, 1.165) is 48.5 Å². The number of aromatic nitrogens is 2. The van der Waals surface area contributed by atoms with Crippen LogP contribution in [0.5, 0.6) is 5.75 Å². The lowest BCUT2D eigenvalue weighted by Crippen LogP contribution is -2.44. The number of hydrogen-bond donors (Lipinski definition) is 1. The summed E-state index contributed by atoms with van der Waals surface area (Å²) in [7, 11) is 3.79. The van der Waals surface area contributed by atoms with Gasteiger partial charge in [0.05, 0.1) is 18.6 Å².